The molecule has 2 rings (SSSR count). The van der Waals surface area contributed by atoms with Crippen LogP contribution in [0.2, 0.25) is 0 Å². The second-order valence-electron chi connectivity index (χ2n) is 8.81. The minimum Gasteiger partial charge on any atom is -0.464 e. The third-order valence-corrected chi connectivity index (χ3v) is 5.50. The van der Waals surface area contributed by atoms with Crippen molar-refractivity contribution in [2.45, 2.75) is 84.7 Å². The fraction of sp³-hybridized carbons (Fsp3) is 0.696. The molecule has 1 aliphatic carbocycles. The van der Waals surface area contributed by atoms with Gasteiger partial charge in [0.2, 0.25) is 0 Å². The van der Waals surface area contributed by atoms with Crippen molar-refractivity contribution >= 4 is 5.97 Å². The Morgan fingerprint density at radius 1 is 1.15 bits per heavy atom. The van der Waals surface area contributed by atoms with Gasteiger partial charge in [-0.2, -0.15) is 0 Å². The van der Waals surface area contributed by atoms with Crippen molar-refractivity contribution in [2.75, 3.05) is 6.61 Å². The summed E-state index contributed by atoms with van der Waals surface area (Å²) in [5, 5.41) is 3.86. The lowest BCUT2D eigenvalue weighted by Crippen LogP contribution is -2.47. The van der Waals surface area contributed by atoms with Crippen LogP contribution in [0.4, 0.5) is 0 Å². The molecule has 1 N–H and O–H groups in total. The lowest BCUT2D eigenvalue weighted by molar-refractivity contribution is -0.154. The molecule has 1 saturated carbocycles. The van der Waals surface area contributed by atoms with Gasteiger partial charge in [0.05, 0.1) is 5.41 Å². The Balaban J connectivity index is 2.04. The van der Waals surface area contributed by atoms with E-state index in [1.54, 1.807) is 0 Å². The number of hydrogen-bond donors (Lipinski definition) is 1. The lowest BCUT2D eigenvalue weighted by atomic mass is 9.87. The van der Waals surface area contributed by atoms with Gasteiger partial charge in [-0.3, -0.25) is 4.79 Å². The standard InChI is InChI=1S/C23H37NO2/c1-5-19(16-18-12-8-6-9-13-18)21(17-26-22(25)23(2,3)4)24-20-14-10-7-11-15-20/h6,8-9,12-13,19-21,24H,5,7,10-11,14-17H2,1-4H3/t19-,21-/m1/s1. The number of benzene rings is 1. The van der Waals surface area contributed by atoms with E-state index in [2.05, 4.69) is 42.6 Å². The minimum atomic E-state index is -0.448. The molecular formula is C23H37NO2. The summed E-state index contributed by atoms with van der Waals surface area (Å²) in [4.78, 5) is 12.3. The van der Waals surface area contributed by atoms with Crippen LogP contribution in [0.25, 0.3) is 0 Å². The quantitative estimate of drug-likeness (QED) is 0.654. The molecule has 1 aliphatic rings. The molecule has 0 saturated heterocycles. The third-order valence-electron chi connectivity index (χ3n) is 5.50. The average Bonchev–Trinajstić information content (AvgIpc) is 2.64. The number of carbonyl (C=O) groups is 1. The van der Waals surface area contributed by atoms with Crippen molar-refractivity contribution in [3.8, 4) is 0 Å². The molecule has 1 aromatic rings. The summed E-state index contributed by atoms with van der Waals surface area (Å²) in [6, 6.07) is 11.4. The summed E-state index contributed by atoms with van der Waals surface area (Å²) in [7, 11) is 0. The molecule has 0 bridgehead atoms. The van der Waals surface area contributed by atoms with Gasteiger partial charge < -0.3 is 10.1 Å². The van der Waals surface area contributed by atoms with Gasteiger partial charge in [-0.1, -0.05) is 62.9 Å². The molecule has 0 spiro atoms. The highest BCUT2D eigenvalue weighted by Crippen LogP contribution is 2.23. The Labute approximate surface area is 159 Å². The number of esters is 1. The molecule has 3 nitrogen and oxygen atoms in total. The van der Waals surface area contributed by atoms with Gasteiger partial charge in [0.1, 0.15) is 6.61 Å². The third kappa shape index (κ3) is 6.75. The molecule has 2 atom stereocenters. The largest absolute Gasteiger partial charge is 0.464 e. The smallest absolute Gasteiger partial charge is 0.311 e. The Morgan fingerprint density at radius 3 is 2.38 bits per heavy atom. The van der Waals surface area contributed by atoms with Crippen LogP contribution in [-0.2, 0) is 16.0 Å². The molecule has 1 aromatic carbocycles. The molecule has 26 heavy (non-hydrogen) atoms. The van der Waals surface area contributed by atoms with E-state index in [9.17, 15) is 4.79 Å². The van der Waals surface area contributed by atoms with Gasteiger partial charge in [0.15, 0.2) is 0 Å². The molecule has 3 heteroatoms. The first kappa shape index (κ1) is 21.0. The molecule has 0 heterocycles. The molecule has 0 amide bonds. The Morgan fingerprint density at radius 2 is 1.81 bits per heavy atom. The number of ether oxygens (including phenoxy) is 1. The predicted octanol–water partition coefficient (Wildman–Crippen LogP) is 5.14. The zero-order valence-corrected chi connectivity index (χ0v) is 17.1. The van der Waals surface area contributed by atoms with Crippen LogP contribution in [0.1, 0.15) is 71.8 Å². The maximum Gasteiger partial charge on any atom is 0.311 e. The number of hydrogen-bond acceptors (Lipinski definition) is 3. The van der Waals surface area contributed by atoms with E-state index >= 15 is 0 Å². The first-order chi connectivity index (χ1) is 12.4. The zero-order chi connectivity index (χ0) is 19.0. The van der Waals surface area contributed by atoms with Gasteiger partial charge in [0, 0.05) is 12.1 Å². The Bertz CT molecular complexity index is 529. The van der Waals surface area contributed by atoms with Gasteiger partial charge >= 0.3 is 5.97 Å². The summed E-state index contributed by atoms with van der Waals surface area (Å²) >= 11 is 0. The lowest BCUT2D eigenvalue weighted by Gasteiger charge is -2.33. The van der Waals surface area contributed by atoms with Crippen LogP contribution >= 0.6 is 0 Å². The van der Waals surface area contributed by atoms with Crippen LogP contribution in [0.5, 0.6) is 0 Å². The molecular weight excluding hydrogens is 322 g/mol. The Kier molecular flexibility index (Phi) is 8.15. The topological polar surface area (TPSA) is 38.3 Å². The Hall–Kier alpha value is -1.35. The molecule has 0 aromatic heterocycles. The SMILES string of the molecule is CC[C@H](Cc1ccccc1)[C@@H](COC(=O)C(C)(C)C)NC1CCCCC1. The maximum absolute atomic E-state index is 12.3. The normalized spacial score (nSPS) is 18.3. The second kappa shape index (κ2) is 10.1. The zero-order valence-electron chi connectivity index (χ0n) is 17.1. The van der Waals surface area contributed by atoms with E-state index in [1.807, 2.05) is 20.8 Å². The van der Waals surface area contributed by atoms with E-state index < -0.39 is 5.41 Å². The van der Waals surface area contributed by atoms with Gasteiger partial charge in [0.25, 0.3) is 0 Å². The maximum atomic E-state index is 12.3. The van der Waals surface area contributed by atoms with E-state index in [0.717, 1.165) is 12.8 Å². The highest BCUT2D eigenvalue weighted by atomic mass is 16.5. The van der Waals surface area contributed by atoms with E-state index in [4.69, 9.17) is 4.74 Å². The highest BCUT2D eigenvalue weighted by Gasteiger charge is 2.28. The number of carbonyl (C=O) groups excluding carboxylic acids is 1. The molecule has 0 unspecified atom stereocenters. The van der Waals surface area contributed by atoms with Crippen LogP contribution in [0, 0.1) is 11.3 Å². The fourth-order valence-electron chi connectivity index (χ4n) is 3.76. The molecule has 0 radical (unpaired) electrons. The monoisotopic (exact) mass is 359 g/mol. The van der Waals surface area contributed by atoms with Crippen molar-refractivity contribution in [3.63, 3.8) is 0 Å². The van der Waals surface area contributed by atoms with Gasteiger partial charge in [-0.05, 0) is 51.5 Å². The summed E-state index contributed by atoms with van der Waals surface area (Å²) in [5.74, 6) is 0.356. The van der Waals surface area contributed by atoms with Crippen LogP contribution in [0.3, 0.4) is 0 Å². The second-order valence-corrected chi connectivity index (χ2v) is 8.81. The first-order valence-electron chi connectivity index (χ1n) is 10.4. The number of nitrogens with one attached hydrogen (secondary N) is 1. The van der Waals surface area contributed by atoms with Crippen molar-refractivity contribution in [2.24, 2.45) is 11.3 Å². The minimum absolute atomic E-state index is 0.109. The molecule has 146 valence electrons. The van der Waals surface area contributed by atoms with E-state index in [0.29, 0.717) is 18.6 Å². The van der Waals surface area contributed by atoms with Crippen molar-refractivity contribution in [3.05, 3.63) is 35.9 Å². The predicted molar refractivity (Wildman–Crippen MR) is 108 cm³/mol. The van der Waals surface area contributed by atoms with Crippen molar-refractivity contribution < 1.29 is 9.53 Å². The number of rotatable bonds is 8. The van der Waals surface area contributed by atoms with Gasteiger partial charge in [-0.15, -0.1) is 0 Å². The van der Waals surface area contributed by atoms with Crippen LogP contribution in [0.15, 0.2) is 30.3 Å². The van der Waals surface area contributed by atoms with Gasteiger partial charge in [-0.25, -0.2) is 0 Å². The fourth-order valence-corrected chi connectivity index (χ4v) is 3.76. The summed E-state index contributed by atoms with van der Waals surface area (Å²) in [5.41, 5.74) is 0.910. The summed E-state index contributed by atoms with van der Waals surface area (Å²) in [6.07, 6.45) is 8.55. The van der Waals surface area contributed by atoms with Crippen molar-refractivity contribution in [1.82, 2.24) is 5.32 Å². The average molecular weight is 360 g/mol. The first-order valence-corrected chi connectivity index (χ1v) is 10.4. The highest BCUT2D eigenvalue weighted by molar-refractivity contribution is 5.75. The van der Waals surface area contributed by atoms with E-state index in [1.165, 1.54) is 37.7 Å². The van der Waals surface area contributed by atoms with Crippen LogP contribution < -0.4 is 5.32 Å². The van der Waals surface area contributed by atoms with E-state index in [-0.39, 0.29) is 12.0 Å². The molecule has 1 fully saturated rings. The van der Waals surface area contributed by atoms with Crippen LogP contribution in [-0.4, -0.2) is 24.7 Å². The molecule has 0 aliphatic heterocycles. The van der Waals surface area contributed by atoms with Crippen molar-refractivity contribution in [1.29, 1.82) is 0 Å². The summed E-state index contributed by atoms with van der Waals surface area (Å²) in [6.45, 7) is 8.47. The summed E-state index contributed by atoms with van der Waals surface area (Å²) < 4.78 is 5.73.